The summed E-state index contributed by atoms with van der Waals surface area (Å²) in [5.41, 5.74) is 1.36. The van der Waals surface area contributed by atoms with E-state index in [0.717, 1.165) is 44.3 Å². The average Bonchev–Trinajstić information content (AvgIpc) is 3.03. The molecule has 5 heteroatoms. The van der Waals surface area contributed by atoms with E-state index in [1.807, 2.05) is 0 Å². The fourth-order valence-corrected chi connectivity index (χ4v) is 4.19. The third-order valence-electron chi connectivity index (χ3n) is 5.34. The molecule has 0 amide bonds. The van der Waals surface area contributed by atoms with Crippen LogP contribution in [0.1, 0.15) is 24.4 Å². The Kier molecular flexibility index (Phi) is 4.42. The van der Waals surface area contributed by atoms with Gasteiger partial charge in [0.15, 0.2) is 11.5 Å². The maximum atomic E-state index is 5.58. The Hall–Kier alpha value is -1.30. The second-order valence-electron chi connectivity index (χ2n) is 6.85. The van der Waals surface area contributed by atoms with Crippen LogP contribution < -0.4 is 9.47 Å². The van der Waals surface area contributed by atoms with Crippen LogP contribution in [0.5, 0.6) is 11.5 Å². The highest BCUT2D eigenvalue weighted by Gasteiger charge is 2.33. The maximum Gasteiger partial charge on any atom is 0.231 e. The third kappa shape index (κ3) is 3.18. The molecule has 0 aliphatic carbocycles. The van der Waals surface area contributed by atoms with Crippen LogP contribution in [0.25, 0.3) is 0 Å². The summed E-state index contributed by atoms with van der Waals surface area (Å²) >= 11 is 0. The van der Waals surface area contributed by atoms with Gasteiger partial charge in [0.2, 0.25) is 6.79 Å². The Morgan fingerprint density at radius 3 is 2.78 bits per heavy atom. The van der Waals surface area contributed by atoms with E-state index in [1.165, 1.54) is 24.9 Å². The molecule has 126 valence electrons. The molecule has 0 saturated carbocycles. The van der Waals surface area contributed by atoms with Crippen molar-refractivity contribution in [1.29, 1.82) is 0 Å². The van der Waals surface area contributed by atoms with E-state index in [-0.39, 0.29) is 0 Å². The molecule has 2 fully saturated rings. The zero-order valence-electron chi connectivity index (χ0n) is 13.9. The first-order valence-electron chi connectivity index (χ1n) is 8.71. The zero-order valence-corrected chi connectivity index (χ0v) is 13.9. The molecule has 0 spiro atoms. The number of piperidine rings is 1. The SMILES string of the molecule is CN1CCCC(CN2CCOCC2)C1c1ccc2c(c1)OCO2. The molecule has 2 unspecified atom stereocenters. The number of hydrogen-bond acceptors (Lipinski definition) is 5. The molecule has 4 rings (SSSR count). The highest BCUT2D eigenvalue weighted by molar-refractivity contribution is 5.45. The van der Waals surface area contributed by atoms with Crippen molar-refractivity contribution >= 4 is 0 Å². The molecule has 0 radical (unpaired) electrons. The normalized spacial score (nSPS) is 28.9. The van der Waals surface area contributed by atoms with Gasteiger partial charge in [0, 0.05) is 25.7 Å². The number of benzene rings is 1. The molecule has 1 aromatic rings. The lowest BCUT2D eigenvalue weighted by Gasteiger charge is -2.42. The summed E-state index contributed by atoms with van der Waals surface area (Å²) in [7, 11) is 2.25. The lowest BCUT2D eigenvalue weighted by molar-refractivity contribution is 0.0131. The van der Waals surface area contributed by atoms with Gasteiger partial charge in [0.05, 0.1) is 13.2 Å². The predicted octanol–water partition coefficient (Wildman–Crippen LogP) is 2.13. The first kappa shape index (κ1) is 15.2. The van der Waals surface area contributed by atoms with Crippen molar-refractivity contribution in [3.8, 4) is 11.5 Å². The van der Waals surface area contributed by atoms with E-state index in [1.54, 1.807) is 0 Å². The number of ether oxygens (including phenoxy) is 3. The van der Waals surface area contributed by atoms with E-state index in [4.69, 9.17) is 14.2 Å². The van der Waals surface area contributed by atoms with Crippen LogP contribution in [0.2, 0.25) is 0 Å². The minimum atomic E-state index is 0.344. The topological polar surface area (TPSA) is 34.2 Å². The minimum Gasteiger partial charge on any atom is -0.454 e. The van der Waals surface area contributed by atoms with Gasteiger partial charge in [-0.3, -0.25) is 9.80 Å². The maximum absolute atomic E-state index is 5.58. The molecule has 23 heavy (non-hydrogen) atoms. The van der Waals surface area contributed by atoms with Gasteiger partial charge in [0.1, 0.15) is 0 Å². The number of fused-ring (bicyclic) bond motifs is 1. The number of morpholine rings is 1. The molecule has 2 saturated heterocycles. The van der Waals surface area contributed by atoms with E-state index in [0.29, 0.717) is 18.8 Å². The van der Waals surface area contributed by atoms with Crippen molar-refractivity contribution in [2.75, 3.05) is 53.2 Å². The third-order valence-corrected chi connectivity index (χ3v) is 5.34. The highest BCUT2D eigenvalue weighted by Crippen LogP contribution is 2.40. The Morgan fingerprint density at radius 2 is 1.91 bits per heavy atom. The standard InChI is InChI=1S/C18H26N2O3/c1-19-6-2-3-15(12-20-7-9-21-10-8-20)18(19)14-4-5-16-17(11-14)23-13-22-16/h4-5,11,15,18H,2-3,6-10,12-13H2,1H3. The van der Waals surface area contributed by atoms with Crippen LogP contribution in [-0.4, -0.2) is 63.0 Å². The molecule has 0 aromatic heterocycles. The van der Waals surface area contributed by atoms with Gasteiger partial charge in [-0.05, 0) is 50.0 Å². The second-order valence-corrected chi connectivity index (χ2v) is 6.85. The van der Waals surface area contributed by atoms with Crippen LogP contribution in [0.3, 0.4) is 0 Å². The molecule has 2 atom stereocenters. The summed E-state index contributed by atoms with van der Waals surface area (Å²) in [6.07, 6.45) is 2.58. The summed E-state index contributed by atoms with van der Waals surface area (Å²) in [6.45, 7) is 6.54. The molecule has 3 aliphatic rings. The fraction of sp³-hybridized carbons (Fsp3) is 0.667. The number of rotatable bonds is 3. The van der Waals surface area contributed by atoms with Gasteiger partial charge in [0.25, 0.3) is 0 Å². The molecular formula is C18H26N2O3. The Balaban J connectivity index is 1.54. The van der Waals surface area contributed by atoms with Crippen molar-refractivity contribution in [3.05, 3.63) is 23.8 Å². The fourth-order valence-electron chi connectivity index (χ4n) is 4.19. The molecule has 0 bridgehead atoms. The van der Waals surface area contributed by atoms with Crippen LogP contribution in [0, 0.1) is 5.92 Å². The number of hydrogen-bond donors (Lipinski definition) is 0. The quantitative estimate of drug-likeness (QED) is 0.853. The van der Waals surface area contributed by atoms with Crippen LogP contribution >= 0.6 is 0 Å². The lowest BCUT2D eigenvalue weighted by Crippen LogP contribution is -2.45. The Bertz CT molecular complexity index is 545. The minimum absolute atomic E-state index is 0.344. The van der Waals surface area contributed by atoms with Crippen molar-refractivity contribution in [3.63, 3.8) is 0 Å². The van der Waals surface area contributed by atoms with Crippen LogP contribution in [0.15, 0.2) is 18.2 Å². The average molecular weight is 318 g/mol. The summed E-state index contributed by atoms with van der Waals surface area (Å²) in [5, 5.41) is 0. The molecule has 3 aliphatic heterocycles. The first-order chi connectivity index (χ1) is 11.3. The van der Waals surface area contributed by atoms with E-state index in [9.17, 15) is 0 Å². The molecule has 5 nitrogen and oxygen atoms in total. The zero-order chi connectivity index (χ0) is 15.6. The predicted molar refractivity (Wildman–Crippen MR) is 87.9 cm³/mol. The van der Waals surface area contributed by atoms with Gasteiger partial charge in [-0.2, -0.15) is 0 Å². The summed E-state index contributed by atoms with van der Waals surface area (Å²) in [6, 6.07) is 6.92. The van der Waals surface area contributed by atoms with Gasteiger partial charge in [-0.25, -0.2) is 0 Å². The van der Waals surface area contributed by atoms with Crippen LogP contribution in [-0.2, 0) is 4.74 Å². The Labute approximate surface area is 138 Å². The number of nitrogens with zero attached hydrogens (tertiary/aromatic N) is 2. The van der Waals surface area contributed by atoms with Crippen molar-refractivity contribution in [2.45, 2.75) is 18.9 Å². The van der Waals surface area contributed by atoms with Gasteiger partial charge in [-0.15, -0.1) is 0 Å². The van der Waals surface area contributed by atoms with Crippen molar-refractivity contribution < 1.29 is 14.2 Å². The van der Waals surface area contributed by atoms with E-state index < -0.39 is 0 Å². The molecule has 3 heterocycles. The van der Waals surface area contributed by atoms with Crippen molar-refractivity contribution in [2.24, 2.45) is 5.92 Å². The van der Waals surface area contributed by atoms with Gasteiger partial charge in [-0.1, -0.05) is 6.07 Å². The largest absolute Gasteiger partial charge is 0.454 e. The van der Waals surface area contributed by atoms with Gasteiger partial charge < -0.3 is 14.2 Å². The molecular weight excluding hydrogens is 292 g/mol. The van der Waals surface area contributed by atoms with E-state index in [2.05, 4.69) is 35.0 Å². The summed E-state index contributed by atoms with van der Waals surface area (Å²) < 4.78 is 16.5. The molecule has 1 aromatic carbocycles. The highest BCUT2D eigenvalue weighted by atomic mass is 16.7. The second kappa shape index (κ2) is 6.67. The summed E-state index contributed by atoms with van der Waals surface area (Å²) in [5.74, 6) is 2.43. The van der Waals surface area contributed by atoms with Crippen molar-refractivity contribution in [1.82, 2.24) is 9.80 Å². The van der Waals surface area contributed by atoms with Crippen LogP contribution in [0.4, 0.5) is 0 Å². The monoisotopic (exact) mass is 318 g/mol. The Morgan fingerprint density at radius 1 is 1.09 bits per heavy atom. The lowest BCUT2D eigenvalue weighted by atomic mass is 9.84. The molecule has 0 N–H and O–H groups in total. The van der Waals surface area contributed by atoms with Gasteiger partial charge >= 0.3 is 0 Å². The number of likely N-dealkylation sites (tertiary alicyclic amines) is 1. The summed E-state index contributed by atoms with van der Waals surface area (Å²) in [4.78, 5) is 5.07. The first-order valence-corrected chi connectivity index (χ1v) is 8.71. The van der Waals surface area contributed by atoms with E-state index >= 15 is 0 Å². The smallest absolute Gasteiger partial charge is 0.231 e.